The number of ketones is 1. The maximum atomic E-state index is 12.9. The summed E-state index contributed by atoms with van der Waals surface area (Å²) < 4.78 is 10.5. The molecule has 1 atom stereocenters. The number of Topliss-reactive ketones (excluding diaryl/α,β-unsaturated/α-hetero) is 1. The molecule has 0 aliphatic rings. The Labute approximate surface area is 152 Å². The quantitative estimate of drug-likeness (QED) is 0.469. The first-order chi connectivity index (χ1) is 11.5. The van der Waals surface area contributed by atoms with E-state index in [1.54, 1.807) is 38.6 Å². The second-order valence-corrected chi connectivity index (χ2v) is 6.58. The van der Waals surface area contributed by atoms with Gasteiger partial charge in [0.25, 0.3) is 0 Å². The van der Waals surface area contributed by atoms with Crippen LogP contribution in [0.15, 0.2) is 42.6 Å². The van der Waals surface area contributed by atoms with Crippen LogP contribution in [0.5, 0.6) is 11.5 Å². The van der Waals surface area contributed by atoms with Gasteiger partial charge in [-0.05, 0) is 24.3 Å². The minimum absolute atomic E-state index is 0.0629. The van der Waals surface area contributed by atoms with E-state index in [4.69, 9.17) is 21.1 Å². The molecule has 1 aromatic heterocycles. The van der Waals surface area contributed by atoms with E-state index >= 15 is 0 Å². The van der Waals surface area contributed by atoms with E-state index in [1.807, 2.05) is 18.2 Å². The van der Waals surface area contributed by atoms with Crippen molar-refractivity contribution in [3.63, 3.8) is 0 Å². The number of benzene rings is 2. The molecule has 0 amide bonds. The molecule has 124 valence electrons. The third-order valence-electron chi connectivity index (χ3n) is 3.85. The highest BCUT2D eigenvalue weighted by Crippen LogP contribution is 2.37. The fourth-order valence-electron chi connectivity index (χ4n) is 2.61. The zero-order valence-electron chi connectivity index (χ0n) is 13.1. The van der Waals surface area contributed by atoms with Crippen molar-refractivity contribution >= 4 is 44.2 Å². The molecule has 1 N–H and O–H groups in total. The maximum absolute atomic E-state index is 12.9. The van der Waals surface area contributed by atoms with E-state index in [0.717, 1.165) is 22.2 Å². The van der Waals surface area contributed by atoms with Gasteiger partial charge in [0.2, 0.25) is 0 Å². The van der Waals surface area contributed by atoms with Crippen LogP contribution in [0.25, 0.3) is 10.9 Å². The minimum atomic E-state index is -0.536. The Bertz CT molecular complexity index is 906. The van der Waals surface area contributed by atoms with Gasteiger partial charge in [0.05, 0.1) is 14.2 Å². The summed E-state index contributed by atoms with van der Waals surface area (Å²) in [4.78, 5) is 15.5. The number of alkyl halides is 1. The van der Waals surface area contributed by atoms with E-state index in [9.17, 15) is 4.79 Å². The molecule has 0 spiro atoms. The molecule has 6 heteroatoms. The number of carbonyl (C=O) groups excluding carboxylic acids is 1. The third-order valence-corrected chi connectivity index (χ3v) is 5.00. The zero-order chi connectivity index (χ0) is 17.3. The van der Waals surface area contributed by atoms with Crippen molar-refractivity contribution in [3.8, 4) is 11.5 Å². The average Bonchev–Trinajstić information content (AvgIpc) is 3.03. The van der Waals surface area contributed by atoms with Crippen molar-refractivity contribution in [2.45, 2.75) is 4.83 Å². The second kappa shape index (κ2) is 6.87. The normalized spacial score (nSPS) is 12.2. The van der Waals surface area contributed by atoms with Crippen molar-refractivity contribution in [1.82, 2.24) is 4.98 Å². The van der Waals surface area contributed by atoms with Gasteiger partial charge in [0.15, 0.2) is 5.78 Å². The SMILES string of the molecule is COc1ccc2c(C(=O)C(Br)c3ccc(Cl)cc3OC)c[nH]c2c1. The molecule has 1 unspecified atom stereocenters. The van der Waals surface area contributed by atoms with Gasteiger partial charge in [-0.25, -0.2) is 0 Å². The van der Waals surface area contributed by atoms with Crippen molar-refractivity contribution in [2.75, 3.05) is 14.2 Å². The van der Waals surface area contributed by atoms with E-state index in [2.05, 4.69) is 20.9 Å². The van der Waals surface area contributed by atoms with Gasteiger partial charge in [-0.1, -0.05) is 33.6 Å². The molecule has 0 aliphatic carbocycles. The molecule has 24 heavy (non-hydrogen) atoms. The predicted molar refractivity (Wildman–Crippen MR) is 98.9 cm³/mol. The van der Waals surface area contributed by atoms with E-state index < -0.39 is 4.83 Å². The summed E-state index contributed by atoms with van der Waals surface area (Å²) >= 11 is 9.48. The number of methoxy groups -OCH3 is 2. The van der Waals surface area contributed by atoms with E-state index in [0.29, 0.717) is 16.3 Å². The van der Waals surface area contributed by atoms with Crippen LogP contribution in [0.4, 0.5) is 0 Å². The fourth-order valence-corrected chi connectivity index (χ4v) is 3.40. The molecule has 3 rings (SSSR count). The molecule has 0 fully saturated rings. The van der Waals surface area contributed by atoms with Crippen molar-refractivity contribution in [1.29, 1.82) is 0 Å². The number of nitrogens with one attached hydrogen (secondary N) is 1. The Hall–Kier alpha value is -1.98. The number of fused-ring (bicyclic) bond motifs is 1. The molecule has 4 nitrogen and oxygen atoms in total. The monoisotopic (exact) mass is 407 g/mol. The molecule has 0 saturated carbocycles. The molecule has 1 heterocycles. The summed E-state index contributed by atoms with van der Waals surface area (Å²) in [5.74, 6) is 1.24. The Morgan fingerprint density at radius 3 is 2.67 bits per heavy atom. The Kier molecular flexibility index (Phi) is 4.83. The smallest absolute Gasteiger partial charge is 0.183 e. The lowest BCUT2D eigenvalue weighted by Gasteiger charge is -2.13. The lowest BCUT2D eigenvalue weighted by Crippen LogP contribution is -2.08. The predicted octanol–water partition coefficient (Wildman–Crippen LogP) is 5.16. The number of hydrogen-bond acceptors (Lipinski definition) is 3. The maximum Gasteiger partial charge on any atom is 0.183 e. The van der Waals surface area contributed by atoms with Crippen molar-refractivity contribution in [3.05, 3.63) is 58.7 Å². The third kappa shape index (κ3) is 3.01. The Balaban J connectivity index is 2.00. The highest BCUT2D eigenvalue weighted by atomic mass is 79.9. The number of ether oxygens (including phenoxy) is 2. The number of aromatic amines is 1. The van der Waals surface area contributed by atoms with Crippen LogP contribution in [0, 0.1) is 0 Å². The fraction of sp³-hybridized carbons (Fsp3) is 0.167. The number of H-pyrrole nitrogens is 1. The zero-order valence-corrected chi connectivity index (χ0v) is 15.4. The van der Waals surface area contributed by atoms with Gasteiger partial charge in [-0.2, -0.15) is 0 Å². The minimum Gasteiger partial charge on any atom is -0.497 e. The first kappa shape index (κ1) is 16.9. The second-order valence-electron chi connectivity index (χ2n) is 5.23. The Morgan fingerprint density at radius 1 is 1.17 bits per heavy atom. The molecule has 0 bridgehead atoms. The summed E-state index contributed by atoms with van der Waals surface area (Å²) in [6.45, 7) is 0. The summed E-state index contributed by atoms with van der Waals surface area (Å²) in [6.07, 6.45) is 1.71. The standard InChI is InChI=1S/C18H15BrClNO3/c1-23-11-4-6-12-14(9-21-15(12)8-11)18(22)17(19)13-5-3-10(20)7-16(13)24-2/h3-9,17,21H,1-2H3. The largest absolute Gasteiger partial charge is 0.497 e. The Morgan fingerprint density at radius 2 is 1.96 bits per heavy atom. The van der Waals surface area contributed by atoms with Gasteiger partial charge in [-0.3, -0.25) is 4.79 Å². The number of rotatable bonds is 5. The summed E-state index contributed by atoms with van der Waals surface area (Å²) in [5, 5.41) is 1.40. The molecule has 2 aromatic carbocycles. The van der Waals surface area contributed by atoms with Gasteiger partial charge < -0.3 is 14.5 Å². The van der Waals surface area contributed by atoms with Crippen LogP contribution < -0.4 is 9.47 Å². The van der Waals surface area contributed by atoms with E-state index in [1.165, 1.54) is 0 Å². The van der Waals surface area contributed by atoms with E-state index in [-0.39, 0.29) is 5.78 Å². The molecular weight excluding hydrogens is 394 g/mol. The van der Waals surface area contributed by atoms with Crippen molar-refractivity contribution < 1.29 is 14.3 Å². The van der Waals surface area contributed by atoms with Gasteiger partial charge in [0, 0.05) is 39.3 Å². The van der Waals surface area contributed by atoms with Crippen LogP contribution in [0.2, 0.25) is 5.02 Å². The highest BCUT2D eigenvalue weighted by Gasteiger charge is 2.24. The summed E-state index contributed by atoms with van der Waals surface area (Å²) in [7, 11) is 3.16. The number of halogens is 2. The lowest BCUT2D eigenvalue weighted by molar-refractivity contribution is 0.0992. The number of aromatic nitrogens is 1. The van der Waals surface area contributed by atoms with Gasteiger partial charge in [0.1, 0.15) is 16.3 Å². The van der Waals surface area contributed by atoms with Crippen LogP contribution in [-0.4, -0.2) is 25.0 Å². The molecule has 3 aromatic rings. The number of carbonyl (C=O) groups is 1. The molecule has 0 saturated heterocycles. The average molecular weight is 409 g/mol. The first-order valence-electron chi connectivity index (χ1n) is 7.22. The van der Waals surface area contributed by atoms with Crippen LogP contribution in [0.3, 0.4) is 0 Å². The van der Waals surface area contributed by atoms with Crippen LogP contribution in [-0.2, 0) is 0 Å². The number of hydrogen-bond donors (Lipinski definition) is 1. The topological polar surface area (TPSA) is 51.3 Å². The van der Waals surface area contributed by atoms with Crippen LogP contribution >= 0.6 is 27.5 Å². The van der Waals surface area contributed by atoms with Crippen LogP contribution in [0.1, 0.15) is 20.7 Å². The first-order valence-corrected chi connectivity index (χ1v) is 8.51. The molecule has 0 radical (unpaired) electrons. The highest BCUT2D eigenvalue weighted by molar-refractivity contribution is 9.09. The van der Waals surface area contributed by atoms with Gasteiger partial charge >= 0.3 is 0 Å². The molecule has 0 aliphatic heterocycles. The summed E-state index contributed by atoms with van der Waals surface area (Å²) in [5.41, 5.74) is 2.18. The summed E-state index contributed by atoms with van der Waals surface area (Å²) in [6, 6.07) is 10.8. The van der Waals surface area contributed by atoms with Gasteiger partial charge in [-0.15, -0.1) is 0 Å². The lowest BCUT2D eigenvalue weighted by atomic mass is 10.0. The van der Waals surface area contributed by atoms with Crippen molar-refractivity contribution in [2.24, 2.45) is 0 Å². The molecular formula is C18H15BrClNO3.